The topological polar surface area (TPSA) is 70.7 Å². The van der Waals surface area contributed by atoms with E-state index in [1.807, 2.05) is 12.1 Å². The van der Waals surface area contributed by atoms with E-state index in [1.54, 1.807) is 6.07 Å². The Morgan fingerprint density at radius 1 is 1.17 bits per heavy atom. The third-order valence-corrected chi connectivity index (χ3v) is 4.59. The van der Waals surface area contributed by atoms with Crippen LogP contribution in [0.4, 0.5) is 13.2 Å². The summed E-state index contributed by atoms with van der Waals surface area (Å²) in [6.45, 7) is 5.69. The van der Waals surface area contributed by atoms with Crippen LogP contribution >= 0.6 is 11.6 Å². The van der Waals surface area contributed by atoms with Crippen molar-refractivity contribution in [3.63, 3.8) is 0 Å². The standard InChI is InChI=1S/C21H20ClF3N4O/c1-12(2)9-26-10-13-3-5-16(22)15(7-13)20-28-17(8-19(30)29-20)14-4-6-18(27-11-14)21(23,24)25/h3-8,11-12,26H,9-10H2,1-2H3,(H,28,29,30). The van der Waals surface area contributed by atoms with Gasteiger partial charge in [-0.25, -0.2) is 4.98 Å². The maximum atomic E-state index is 12.7. The molecule has 0 bridgehead atoms. The van der Waals surface area contributed by atoms with E-state index >= 15 is 0 Å². The third kappa shape index (κ3) is 5.46. The van der Waals surface area contributed by atoms with Gasteiger partial charge in [-0.15, -0.1) is 0 Å². The fourth-order valence-electron chi connectivity index (χ4n) is 2.82. The van der Waals surface area contributed by atoms with Gasteiger partial charge in [0.15, 0.2) is 0 Å². The first-order chi connectivity index (χ1) is 14.1. The second-order valence-corrected chi connectivity index (χ2v) is 7.66. The molecule has 3 rings (SSSR count). The van der Waals surface area contributed by atoms with Gasteiger partial charge in [0, 0.05) is 29.9 Å². The summed E-state index contributed by atoms with van der Waals surface area (Å²) in [5.74, 6) is 0.733. The van der Waals surface area contributed by atoms with Crippen molar-refractivity contribution in [2.24, 2.45) is 5.92 Å². The Labute approximate surface area is 176 Å². The molecule has 30 heavy (non-hydrogen) atoms. The zero-order chi connectivity index (χ0) is 21.9. The van der Waals surface area contributed by atoms with Gasteiger partial charge in [0.05, 0.1) is 10.7 Å². The number of benzene rings is 1. The second kappa shape index (κ2) is 8.97. The number of rotatable bonds is 6. The van der Waals surface area contributed by atoms with E-state index in [9.17, 15) is 18.0 Å². The Kier molecular flexibility index (Phi) is 6.58. The van der Waals surface area contributed by atoms with E-state index in [-0.39, 0.29) is 11.5 Å². The lowest BCUT2D eigenvalue weighted by atomic mass is 10.1. The average Bonchev–Trinajstić information content (AvgIpc) is 2.68. The van der Waals surface area contributed by atoms with Gasteiger partial charge in [0.1, 0.15) is 11.5 Å². The van der Waals surface area contributed by atoms with Crippen LogP contribution in [-0.4, -0.2) is 21.5 Å². The maximum absolute atomic E-state index is 12.7. The molecule has 1 aromatic carbocycles. The minimum atomic E-state index is -4.54. The maximum Gasteiger partial charge on any atom is 0.433 e. The molecule has 0 aliphatic carbocycles. The molecule has 3 aromatic rings. The van der Waals surface area contributed by atoms with E-state index in [1.165, 1.54) is 12.1 Å². The number of H-pyrrole nitrogens is 1. The van der Waals surface area contributed by atoms with Crippen LogP contribution in [0.1, 0.15) is 25.1 Å². The average molecular weight is 437 g/mol. The highest BCUT2D eigenvalue weighted by atomic mass is 35.5. The summed E-state index contributed by atoms with van der Waals surface area (Å²) < 4.78 is 38.2. The Morgan fingerprint density at radius 2 is 1.93 bits per heavy atom. The van der Waals surface area contributed by atoms with Crippen molar-refractivity contribution in [2.45, 2.75) is 26.6 Å². The van der Waals surface area contributed by atoms with Crippen LogP contribution < -0.4 is 10.9 Å². The van der Waals surface area contributed by atoms with E-state index in [0.29, 0.717) is 28.6 Å². The molecular formula is C21H20ClF3N4O. The Balaban J connectivity index is 1.94. The van der Waals surface area contributed by atoms with Gasteiger partial charge in [-0.2, -0.15) is 13.2 Å². The van der Waals surface area contributed by atoms with Crippen LogP contribution in [-0.2, 0) is 12.7 Å². The summed E-state index contributed by atoms with van der Waals surface area (Å²) >= 11 is 6.32. The molecule has 0 saturated heterocycles. The van der Waals surface area contributed by atoms with E-state index in [4.69, 9.17) is 11.6 Å². The first kappa shape index (κ1) is 22.0. The molecule has 0 spiro atoms. The van der Waals surface area contributed by atoms with E-state index < -0.39 is 17.4 Å². The fraction of sp³-hybridized carbons (Fsp3) is 0.286. The summed E-state index contributed by atoms with van der Waals surface area (Å²) in [5, 5.41) is 3.73. The lowest BCUT2D eigenvalue weighted by Crippen LogP contribution is -2.19. The molecule has 0 saturated carbocycles. The zero-order valence-corrected chi connectivity index (χ0v) is 17.1. The smallest absolute Gasteiger partial charge is 0.312 e. The SMILES string of the molecule is CC(C)CNCc1ccc(Cl)c(-c2nc(-c3ccc(C(F)(F)F)nc3)cc(=O)[nH]2)c1. The van der Waals surface area contributed by atoms with Crippen LogP contribution in [0, 0.1) is 5.92 Å². The van der Waals surface area contributed by atoms with Crippen molar-refractivity contribution in [1.29, 1.82) is 0 Å². The van der Waals surface area contributed by atoms with Crippen molar-refractivity contribution in [3.8, 4) is 22.6 Å². The summed E-state index contributed by atoms with van der Waals surface area (Å²) in [5.41, 5.74) is 0.518. The lowest BCUT2D eigenvalue weighted by Gasteiger charge is -2.11. The highest BCUT2D eigenvalue weighted by Gasteiger charge is 2.32. The highest BCUT2D eigenvalue weighted by Crippen LogP contribution is 2.30. The number of aromatic amines is 1. The highest BCUT2D eigenvalue weighted by molar-refractivity contribution is 6.33. The number of halogens is 4. The summed E-state index contributed by atoms with van der Waals surface area (Å²) in [4.78, 5) is 22.6. The number of aromatic nitrogens is 3. The summed E-state index contributed by atoms with van der Waals surface area (Å²) in [6, 6.07) is 8.70. The molecule has 158 valence electrons. The number of nitrogens with zero attached hydrogens (tertiary/aromatic N) is 2. The predicted molar refractivity (Wildman–Crippen MR) is 110 cm³/mol. The van der Waals surface area contributed by atoms with Gasteiger partial charge in [0.25, 0.3) is 5.56 Å². The second-order valence-electron chi connectivity index (χ2n) is 7.25. The van der Waals surface area contributed by atoms with Gasteiger partial charge in [-0.1, -0.05) is 31.5 Å². The number of hydrogen-bond donors (Lipinski definition) is 2. The van der Waals surface area contributed by atoms with Gasteiger partial charge >= 0.3 is 6.18 Å². The quantitative estimate of drug-likeness (QED) is 0.575. The molecule has 0 unspecified atom stereocenters. The molecule has 0 amide bonds. The van der Waals surface area contributed by atoms with Crippen molar-refractivity contribution in [1.82, 2.24) is 20.3 Å². The Bertz CT molecular complexity index is 1080. The minimum absolute atomic E-state index is 0.203. The van der Waals surface area contributed by atoms with Crippen molar-refractivity contribution in [3.05, 3.63) is 69.2 Å². The van der Waals surface area contributed by atoms with Gasteiger partial charge in [0.2, 0.25) is 0 Å². The Hall–Kier alpha value is -2.71. The minimum Gasteiger partial charge on any atom is -0.312 e. The van der Waals surface area contributed by atoms with Gasteiger partial charge in [-0.05, 0) is 42.3 Å². The van der Waals surface area contributed by atoms with Crippen LogP contribution in [0.2, 0.25) is 5.02 Å². The molecule has 0 radical (unpaired) electrons. The summed E-state index contributed by atoms with van der Waals surface area (Å²) in [6.07, 6.45) is -3.49. The first-order valence-electron chi connectivity index (χ1n) is 9.28. The molecule has 9 heteroatoms. The summed E-state index contributed by atoms with van der Waals surface area (Å²) in [7, 11) is 0. The number of nitrogens with one attached hydrogen (secondary N) is 2. The number of alkyl halides is 3. The van der Waals surface area contributed by atoms with Crippen LogP contribution in [0.15, 0.2) is 47.4 Å². The third-order valence-electron chi connectivity index (χ3n) is 4.26. The largest absolute Gasteiger partial charge is 0.433 e. The number of hydrogen-bond acceptors (Lipinski definition) is 4. The van der Waals surface area contributed by atoms with Gasteiger partial charge < -0.3 is 10.3 Å². The normalized spacial score (nSPS) is 11.8. The van der Waals surface area contributed by atoms with Crippen molar-refractivity contribution >= 4 is 11.6 Å². The van der Waals surface area contributed by atoms with Crippen molar-refractivity contribution in [2.75, 3.05) is 6.54 Å². The van der Waals surface area contributed by atoms with Crippen LogP contribution in [0.3, 0.4) is 0 Å². The molecule has 2 aromatic heterocycles. The lowest BCUT2D eigenvalue weighted by molar-refractivity contribution is -0.141. The van der Waals surface area contributed by atoms with Crippen molar-refractivity contribution < 1.29 is 13.2 Å². The van der Waals surface area contributed by atoms with E-state index in [0.717, 1.165) is 24.4 Å². The molecule has 0 atom stereocenters. The van der Waals surface area contributed by atoms with Crippen LogP contribution in [0.5, 0.6) is 0 Å². The predicted octanol–water partition coefficient (Wildman–Crippen LogP) is 4.92. The van der Waals surface area contributed by atoms with Gasteiger partial charge in [-0.3, -0.25) is 9.78 Å². The molecule has 2 N–H and O–H groups in total. The molecule has 2 heterocycles. The number of pyridine rings is 1. The molecule has 0 aliphatic rings. The monoisotopic (exact) mass is 436 g/mol. The molecule has 0 fully saturated rings. The molecule has 5 nitrogen and oxygen atoms in total. The Morgan fingerprint density at radius 3 is 2.57 bits per heavy atom. The van der Waals surface area contributed by atoms with E-state index in [2.05, 4.69) is 34.1 Å². The molecule has 0 aliphatic heterocycles. The first-order valence-corrected chi connectivity index (χ1v) is 9.66. The van der Waals surface area contributed by atoms with Crippen LogP contribution in [0.25, 0.3) is 22.6 Å². The molecular weight excluding hydrogens is 417 g/mol. The zero-order valence-electron chi connectivity index (χ0n) is 16.3. The fourth-order valence-corrected chi connectivity index (χ4v) is 3.02.